The first-order chi connectivity index (χ1) is 13.4. The van der Waals surface area contributed by atoms with Crippen molar-refractivity contribution in [2.45, 2.75) is 40.0 Å². The van der Waals surface area contributed by atoms with Gasteiger partial charge in [-0.05, 0) is 57.0 Å². The number of rotatable bonds is 6. The van der Waals surface area contributed by atoms with Crippen molar-refractivity contribution in [2.75, 3.05) is 19.6 Å². The summed E-state index contributed by atoms with van der Waals surface area (Å²) in [5.41, 5.74) is 2.53. The average molecular weight is 402 g/mol. The third-order valence-corrected chi connectivity index (χ3v) is 6.34. The van der Waals surface area contributed by atoms with Gasteiger partial charge in [-0.2, -0.15) is 0 Å². The zero-order valence-electron chi connectivity index (χ0n) is 16.6. The molecule has 3 heterocycles. The lowest BCUT2D eigenvalue weighted by molar-refractivity contribution is -0.126. The number of Topliss-reactive ketones (excluding diaryl/α,β-unsaturated/α-hetero) is 1. The van der Waals surface area contributed by atoms with E-state index in [1.54, 1.807) is 23.2 Å². The van der Waals surface area contributed by atoms with Crippen molar-refractivity contribution in [3.05, 3.63) is 44.9 Å². The van der Waals surface area contributed by atoms with Crippen LogP contribution in [0, 0.1) is 19.8 Å². The zero-order valence-corrected chi connectivity index (χ0v) is 17.4. The fourth-order valence-electron chi connectivity index (χ4n) is 3.90. The van der Waals surface area contributed by atoms with Gasteiger partial charge in [-0.3, -0.25) is 14.4 Å². The molecule has 2 amide bonds. The molecule has 3 rings (SSSR count). The Morgan fingerprint density at radius 3 is 2.54 bits per heavy atom. The molecule has 0 atom stereocenters. The molecule has 1 fully saturated rings. The second-order valence-electron chi connectivity index (χ2n) is 7.37. The minimum absolute atomic E-state index is 0.0387. The lowest BCUT2D eigenvalue weighted by Crippen LogP contribution is -2.43. The first kappa shape index (κ1) is 20.3. The number of amides is 2. The molecule has 28 heavy (non-hydrogen) atoms. The number of likely N-dealkylation sites (tertiary alicyclic amines) is 1. The molecule has 6 nitrogen and oxygen atoms in total. The number of nitrogens with zero attached hydrogens (tertiary/aromatic N) is 1. The molecule has 1 saturated heterocycles. The van der Waals surface area contributed by atoms with Crippen LogP contribution in [0.2, 0.25) is 0 Å². The van der Waals surface area contributed by atoms with Gasteiger partial charge in [-0.1, -0.05) is 6.07 Å². The van der Waals surface area contributed by atoms with E-state index in [1.165, 1.54) is 11.8 Å². The van der Waals surface area contributed by atoms with Crippen molar-refractivity contribution < 1.29 is 14.4 Å². The van der Waals surface area contributed by atoms with Gasteiger partial charge in [-0.25, -0.2) is 0 Å². The van der Waals surface area contributed by atoms with Gasteiger partial charge in [0.05, 0.1) is 0 Å². The molecule has 0 aliphatic carbocycles. The van der Waals surface area contributed by atoms with Crippen LogP contribution in [0.4, 0.5) is 0 Å². The number of hydrogen-bond acceptors (Lipinski definition) is 4. The summed E-state index contributed by atoms with van der Waals surface area (Å²) in [6, 6.07) is 4.09. The second kappa shape index (κ2) is 8.73. The summed E-state index contributed by atoms with van der Waals surface area (Å²) in [7, 11) is 0. The highest BCUT2D eigenvalue weighted by molar-refractivity contribution is 7.09. The predicted octanol–water partition coefficient (Wildman–Crippen LogP) is 3.11. The molecule has 1 aliphatic heterocycles. The number of aromatic nitrogens is 1. The Kier molecular flexibility index (Phi) is 6.34. The normalized spacial score (nSPS) is 14.9. The van der Waals surface area contributed by atoms with Gasteiger partial charge < -0.3 is 15.2 Å². The molecule has 0 saturated carbocycles. The fourth-order valence-corrected chi connectivity index (χ4v) is 4.61. The average Bonchev–Trinajstić information content (AvgIpc) is 3.28. The number of hydrogen-bond donors (Lipinski definition) is 2. The van der Waals surface area contributed by atoms with Crippen LogP contribution in [0.1, 0.15) is 56.7 Å². The molecule has 2 N–H and O–H groups in total. The van der Waals surface area contributed by atoms with E-state index < -0.39 is 0 Å². The van der Waals surface area contributed by atoms with Crippen molar-refractivity contribution in [1.82, 2.24) is 15.2 Å². The quantitative estimate of drug-likeness (QED) is 0.730. The van der Waals surface area contributed by atoms with Gasteiger partial charge in [-0.15, -0.1) is 11.3 Å². The minimum atomic E-state index is -0.0929. The Hall–Kier alpha value is -2.41. The first-order valence-corrected chi connectivity index (χ1v) is 10.6. The highest BCUT2D eigenvalue weighted by atomic mass is 32.1. The summed E-state index contributed by atoms with van der Waals surface area (Å²) in [6.45, 7) is 6.88. The Morgan fingerprint density at radius 1 is 1.25 bits per heavy atom. The second-order valence-corrected chi connectivity index (χ2v) is 8.40. The van der Waals surface area contributed by atoms with Gasteiger partial charge >= 0.3 is 0 Å². The van der Waals surface area contributed by atoms with Crippen LogP contribution in [0.3, 0.4) is 0 Å². The van der Waals surface area contributed by atoms with Crippen molar-refractivity contribution in [3.63, 3.8) is 0 Å². The number of carbonyl (C=O) groups excluding carboxylic acids is 3. The number of aromatic amines is 1. The van der Waals surface area contributed by atoms with Crippen molar-refractivity contribution in [3.8, 4) is 0 Å². The summed E-state index contributed by atoms with van der Waals surface area (Å²) in [4.78, 5) is 43.2. The minimum Gasteiger partial charge on any atom is -0.355 e. The molecule has 0 radical (unpaired) electrons. The molecule has 1 aliphatic rings. The number of thiophene rings is 1. The number of piperidine rings is 1. The Morgan fingerprint density at radius 2 is 1.96 bits per heavy atom. The first-order valence-electron chi connectivity index (χ1n) is 9.68. The molecular formula is C21H27N3O3S. The lowest BCUT2D eigenvalue weighted by atomic mass is 9.95. The molecule has 2 aromatic rings. The number of nitrogens with one attached hydrogen (secondary N) is 2. The van der Waals surface area contributed by atoms with Crippen LogP contribution < -0.4 is 5.32 Å². The van der Waals surface area contributed by atoms with E-state index in [1.807, 2.05) is 18.4 Å². The summed E-state index contributed by atoms with van der Waals surface area (Å²) >= 11 is 1.70. The Labute approximate surface area is 169 Å². The maximum atomic E-state index is 12.9. The molecule has 0 bridgehead atoms. The lowest BCUT2D eigenvalue weighted by Gasteiger charge is -2.31. The highest BCUT2D eigenvalue weighted by Gasteiger charge is 2.30. The Bertz CT molecular complexity index is 862. The van der Waals surface area contributed by atoms with Gasteiger partial charge in [0.15, 0.2) is 5.78 Å². The summed E-state index contributed by atoms with van der Waals surface area (Å²) < 4.78 is 0. The van der Waals surface area contributed by atoms with Crippen LogP contribution in [-0.4, -0.2) is 47.1 Å². The smallest absolute Gasteiger partial charge is 0.270 e. The van der Waals surface area contributed by atoms with Crippen LogP contribution in [0.5, 0.6) is 0 Å². The van der Waals surface area contributed by atoms with E-state index in [0.29, 0.717) is 49.3 Å². The van der Waals surface area contributed by atoms with E-state index in [2.05, 4.69) is 16.4 Å². The van der Waals surface area contributed by atoms with Crippen molar-refractivity contribution >= 4 is 28.9 Å². The molecule has 0 aromatic carbocycles. The van der Waals surface area contributed by atoms with Gasteiger partial charge in [0.2, 0.25) is 5.91 Å². The van der Waals surface area contributed by atoms with Crippen molar-refractivity contribution in [1.29, 1.82) is 0 Å². The van der Waals surface area contributed by atoms with E-state index in [0.717, 1.165) is 12.1 Å². The van der Waals surface area contributed by atoms with Gasteiger partial charge in [0.25, 0.3) is 5.91 Å². The van der Waals surface area contributed by atoms with E-state index in [4.69, 9.17) is 0 Å². The van der Waals surface area contributed by atoms with Crippen LogP contribution in [-0.2, 0) is 11.2 Å². The number of carbonyl (C=O) groups is 3. The third kappa shape index (κ3) is 4.35. The van der Waals surface area contributed by atoms with E-state index in [-0.39, 0.29) is 23.5 Å². The highest BCUT2D eigenvalue weighted by Crippen LogP contribution is 2.23. The van der Waals surface area contributed by atoms with Crippen molar-refractivity contribution in [2.24, 2.45) is 5.92 Å². The fraction of sp³-hybridized carbons (Fsp3) is 0.476. The van der Waals surface area contributed by atoms with Crippen LogP contribution in [0.25, 0.3) is 0 Å². The van der Waals surface area contributed by atoms with Gasteiger partial charge in [0, 0.05) is 41.7 Å². The molecule has 0 spiro atoms. The topological polar surface area (TPSA) is 82.3 Å². The SMILES string of the molecule is CC(=O)c1c(C)[nH]c(C(=O)N2CCC(C(=O)NCCc3cccs3)CC2)c1C. The standard InChI is InChI=1S/C21H27N3O3S/c1-13-18(15(3)25)14(2)23-19(13)21(27)24-10-7-16(8-11-24)20(26)22-9-6-17-5-4-12-28-17/h4-5,12,16,23H,6-11H2,1-3H3,(H,22,26). The van der Waals surface area contributed by atoms with E-state index >= 15 is 0 Å². The van der Waals surface area contributed by atoms with Crippen LogP contribution >= 0.6 is 11.3 Å². The third-order valence-electron chi connectivity index (χ3n) is 5.41. The molecule has 2 aromatic heterocycles. The summed E-state index contributed by atoms with van der Waals surface area (Å²) in [5, 5.41) is 5.06. The van der Waals surface area contributed by atoms with Gasteiger partial charge in [0.1, 0.15) is 5.69 Å². The number of H-pyrrole nitrogens is 1. The predicted molar refractivity (Wildman–Crippen MR) is 110 cm³/mol. The number of aryl methyl sites for hydroxylation is 1. The molecule has 7 heteroatoms. The molecule has 0 unspecified atom stereocenters. The molecular weight excluding hydrogens is 374 g/mol. The maximum Gasteiger partial charge on any atom is 0.270 e. The number of ketones is 1. The van der Waals surface area contributed by atoms with Crippen LogP contribution in [0.15, 0.2) is 17.5 Å². The van der Waals surface area contributed by atoms with E-state index in [9.17, 15) is 14.4 Å². The largest absolute Gasteiger partial charge is 0.355 e. The maximum absolute atomic E-state index is 12.9. The monoisotopic (exact) mass is 401 g/mol. The summed E-state index contributed by atoms with van der Waals surface area (Å²) in [6.07, 6.45) is 2.18. The zero-order chi connectivity index (χ0) is 20.3. The Balaban J connectivity index is 1.52. The summed E-state index contributed by atoms with van der Waals surface area (Å²) in [5.74, 6) is -0.103. The molecule has 150 valence electrons.